The van der Waals surface area contributed by atoms with E-state index in [1.54, 1.807) is 0 Å². The van der Waals surface area contributed by atoms with E-state index in [1.807, 2.05) is 78.9 Å². The van der Waals surface area contributed by atoms with Crippen LogP contribution in [0.1, 0.15) is 11.1 Å². The van der Waals surface area contributed by atoms with E-state index in [9.17, 15) is 4.79 Å². The van der Waals surface area contributed by atoms with Crippen LogP contribution in [-0.4, -0.2) is 17.1 Å². The maximum Gasteiger partial charge on any atom is 0.234 e. The van der Waals surface area contributed by atoms with Crippen molar-refractivity contribution in [2.75, 3.05) is 0 Å². The number of fused-ring (bicyclic) bond motifs is 1. The van der Waals surface area contributed by atoms with Gasteiger partial charge in [-0.3, -0.25) is 4.79 Å². The predicted molar refractivity (Wildman–Crippen MR) is 109 cm³/mol. The molecule has 0 fully saturated rings. The van der Waals surface area contributed by atoms with Gasteiger partial charge in [-0.25, -0.2) is 0 Å². The molecule has 3 N–H and O–H groups in total. The Morgan fingerprint density at radius 1 is 0.964 bits per heavy atom. The summed E-state index contributed by atoms with van der Waals surface area (Å²) in [7, 11) is 0. The van der Waals surface area contributed by atoms with E-state index in [0.717, 1.165) is 33.4 Å². The SMILES string of the molecule is NC(=O)C(Cc1ccccc1)NCc1ccccc1-c1noc2ccccc12. The van der Waals surface area contributed by atoms with Crippen LogP contribution < -0.4 is 11.1 Å². The summed E-state index contributed by atoms with van der Waals surface area (Å²) in [6.07, 6.45) is 0.547. The van der Waals surface area contributed by atoms with Gasteiger partial charge in [0.05, 0.1) is 6.04 Å². The molecule has 0 saturated carbocycles. The Morgan fingerprint density at radius 2 is 1.68 bits per heavy atom. The topological polar surface area (TPSA) is 81.2 Å². The highest BCUT2D eigenvalue weighted by Gasteiger charge is 2.18. The molecule has 0 aliphatic rings. The first kappa shape index (κ1) is 17.9. The largest absolute Gasteiger partial charge is 0.368 e. The summed E-state index contributed by atoms with van der Waals surface area (Å²) >= 11 is 0. The van der Waals surface area contributed by atoms with Crippen molar-refractivity contribution in [3.8, 4) is 11.3 Å². The number of nitrogens with one attached hydrogen (secondary N) is 1. The molecule has 1 aromatic heterocycles. The molecule has 0 radical (unpaired) electrons. The molecule has 0 aliphatic carbocycles. The first-order chi connectivity index (χ1) is 13.7. The summed E-state index contributed by atoms with van der Waals surface area (Å²) < 4.78 is 5.46. The van der Waals surface area contributed by atoms with Gasteiger partial charge in [-0.1, -0.05) is 71.9 Å². The molecule has 0 aliphatic heterocycles. The number of carbonyl (C=O) groups excluding carboxylic acids is 1. The molecule has 0 bridgehead atoms. The number of primary amides is 1. The van der Waals surface area contributed by atoms with Crippen LogP contribution in [0.2, 0.25) is 0 Å². The second kappa shape index (κ2) is 8.06. The summed E-state index contributed by atoms with van der Waals surface area (Å²) in [5.41, 5.74) is 10.2. The lowest BCUT2D eigenvalue weighted by atomic mass is 10.0. The van der Waals surface area contributed by atoms with Gasteiger partial charge in [0.2, 0.25) is 5.91 Å². The Bertz CT molecular complexity index is 1090. The highest BCUT2D eigenvalue weighted by Crippen LogP contribution is 2.30. The fourth-order valence-electron chi connectivity index (χ4n) is 3.34. The number of nitrogens with two attached hydrogens (primary N) is 1. The van der Waals surface area contributed by atoms with Crippen molar-refractivity contribution in [3.05, 3.63) is 90.0 Å². The van der Waals surface area contributed by atoms with E-state index in [4.69, 9.17) is 10.3 Å². The van der Waals surface area contributed by atoms with Crippen LogP contribution >= 0.6 is 0 Å². The smallest absolute Gasteiger partial charge is 0.234 e. The number of rotatable bonds is 7. The molecular weight excluding hydrogens is 350 g/mol. The average Bonchev–Trinajstić information content (AvgIpc) is 3.16. The van der Waals surface area contributed by atoms with Gasteiger partial charge in [0.15, 0.2) is 5.58 Å². The monoisotopic (exact) mass is 371 g/mol. The number of carbonyl (C=O) groups is 1. The molecule has 0 saturated heterocycles. The van der Waals surface area contributed by atoms with Crippen molar-refractivity contribution in [1.29, 1.82) is 0 Å². The zero-order valence-corrected chi connectivity index (χ0v) is 15.3. The summed E-state index contributed by atoms with van der Waals surface area (Å²) in [6, 6.07) is 25.2. The maximum atomic E-state index is 11.9. The fraction of sp³-hybridized carbons (Fsp3) is 0.130. The lowest BCUT2D eigenvalue weighted by Gasteiger charge is -2.17. The van der Waals surface area contributed by atoms with Gasteiger partial charge in [0.1, 0.15) is 5.69 Å². The minimum absolute atomic E-state index is 0.367. The van der Waals surface area contributed by atoms with Gasteiger partial charge >= 0.3 is 0 Å². The highest BCUT2D eigenvalue weighted by molar-refractivity contribution is 5.92. The normalized spacial score (nSPS) is 12.1. The standard InChI is InChI=1S/C23H21N3O2/c24-23(27)20(14-16-8-2-1-3-9-16)25-15-17-10-4-5-11-18(17)22-19-12-6-7-13-21(19)28-26-22/h1-13,20,25H,14-15H2,(H2,24,27). The minimum atomic E-state index is -0.454. The number of aromatic nitrogens is 1. The van der Waals surface area contributed by atoms with Crippen molar-refractivity contribution in [2.24, 2.45) is 5.73 Å². The van der Waals surface area contributed by atoms with Gasteiger partial charge in [0, 0.05) is 17.5 Å². The zero-order chi connectivity index (χ0) is 19.3. The molecule has 1 amide bonds. The van der Waals surface area contributed by atoms with Gasteiger partial charge < -0.3 is 15.6 Å². The van der Waals surface area contributed by atoms with Crippen molar-refractivity contribution >= 4 is 16.9 Å². The lowest BCUT2D eigenvalue weighted by molar-refractivity contribution is -0.120. The minimum Gasteiger partial charge on any atom is -0.368 e. The number of nitrogens with zero attached hydrogens (tertiary/aromatic N) is 1. The molecule has 140 valence electrons. The van der Waals surface area contributed by atoms with Crippen LogP contribution in [-0.2, 0) is 17.8 Å². The van der Waals surface area contributed by atoms with E-state index >= 15 is 0 Å². The van der Waals surface area contributed by atoms with E-state index < -0.39 is 6.04 Å². The molecule has 1 heterocycles. The lowest BCUT2D eigenvalue weighted by Crippen LogP contribution is -2.42. The Labute approximate surface area is 163 Å². The van der Waals surface area contributed by atoms with Gasteiger partial charge in [-0.2, -0.15) is 0 Å². The Kier molecular flexibility index (Phi) is 5.17. The second-order valence-corrected chi connectivity index (χ2v) is 6.71. The second-order valence-electron chi connectivity index (χ2n) is 6.71. The van der Waals surface area contributed by atoms with Crippen molar-refractivity contribution < 1.29 is 9.32 Å². The van der Waals surface area contributed by atoms with E-state index in [2.05, 4.69) is 10.5 Å². The summed E-state index contributed by atoms with van der Waals surface area (Å²) in [4.78, 5) is 11.9. The first-order valence-electron chi connectivity index (χ1n) is 9.21. The molecule has 4 aromatic rings. The Balaban J connectivity index is 1.57. The molecular formula is C23H21N3O2. The van der Waals surface area contributed by atoms with E-state index in [1.165, 1.54) is 0 Å². The van der Waals surface area contributed by atoms with Gasteiger partial charge in [-0.15, -0.1) is 0 Å². The van der Waals surface area contributed by atoms with Crippen molar-refractivity contribution in [2.45, 2.75) is 19.0 Å². The van der Waals surface area contributed by atoms with Crippen molar-refractivity contribution in [1.82, 2.24) is 10.5 Å². The Morgan fingerprint density at radius 3 is 2.50 bits per heavy atom. The first-order valence-corrected chi connectivity index (χ1v) is 9.21. The number of hydrogen-bond donors (Lipinski definition) is 2. The number of para-hydroxylation sites is 1. The fourth-order valence-corrected chi connectivity index (χ4v) is 3.34. The third-order valence-electron chi connectivity index (χ3n) is 4.81. The van der Waals surface area contributed by atoms with Crippen LogP contribution in [0.15, 0.2) is 83.4 Å². The van der Waals surface area contributed by atoms with Crippen LogP contribution in [0.4, 0.5) is 0 Å². The van der Waals surface area contributed by atoms with Crippen LogP contribution in [0.3, 0.4) is 0 Å². The quantitative estimate of drug-likeness (QED) is 0.519. The summed E-state index contributed by atoms with van der Waals surface area (Å²) in [6.45, 7) is 0.498. The zero-order valence-electron chi connectivity index (χ0n) is 15.3. The molecule has 3 aromatic carbocycles. The predicted octanol–water partition coefficient (Wildman–Crippen LogP) is 3.68. The number of benzene rings is 3. The molecule has 1 atom stereocenters. The summed E-state index contributed by atoms with van der Waals surface area (Å²) in [5.74, 6) is -0.367. The number of amides is 1. The average molecular weight is 371 g/mol. The van der Waals surface area contributed by atoms with E-state index in [-0.39, 0.29) is 5.91 Å². The Hall–Kier alpha value is -3.44. The molecule has 5 nitrogen and oxygen atoms in total. The van der Waals surface area contributed by atoms with Gasteiger partial charge in [-0.05, 0) is 29.7 Å². The van der Waals surface area contributed by atoms with Gasteiger partial charge in [0.25, 0.3) is 0 Å². The van der Waals surface area contributed by atoms with E-state index in [0.29, 0.717) is 13.0 Å². The number of hydrogen-bond acceptors (Lipinski definition) is 4. The molecule has 0 spiro atoms. The van der Waals surface area contributed by atoms with Crippen molar-refractivity contribution in [3.63, 3.8) is 0 Å². The molecule has 1 unspecified atom stereocenters. The third kappa shape index (κ3) is 3.80. The van der Waals surface area contributed by atoms with Crippen LogP contribution in [0.25, 0.3) is 22.2 Å². The van der Waals surface area contributed by atoms with Crippen LogP contribution in [0.5, 0.6) is 0 Å². The van der Waals surface area contributed by atoms with Crippen LogP contribution in [0, 0.1) is 0 Å². The highest BCUT2D eigenvalue weighted by atomic mass is 16.5. The molecule has 5 heteroatoms. The molecule has 28 heavy (non-hydrogen) atoms. The third-order valence-corrected chi connectivity index (χ3v) is 4.81. The summed E-state index contributed by atoms with van der Waals surface area (Å²) in [5, 5.41) is 8.53. The maximum absolute atomic E-state index is 11.9. The molecule has 4 rings (SSSR count).